The van der Waals surface area contributed by atoms with Crippen LogP contribution in [0.5, 0.6) is 23.0 Å². The van der Waals surface area contributed by atoms with E-state index < -0.39 is 0 Å². The molecule has 11 rings (SSSR count). The number of hydrogen-bond acceptors (Lipinski definition) is 4. The number of aromatic nitrogens is 3. The Balaban J connectivity index is 0.000000251. The average molecular weight is 998 g/mol. The maximum atomic E-state index is 6.52. The molecule has 5 nitrogen and oxygen atoms in total. The van der Waals surface area contributed by atoms with Crippen LogP contribution in [0.3, 0.4) is 0 Å². The average Bonchev–Trinajstić information content (AvgIpc) is 3.69. The Morgan fingerprint density at radius 1 is 0.635 bits per heavy atom. The first kappa shape index (κ1) is 42.1. The van der Waals surface area contributed by atoms with Gasteiger partial charge in [0, 0.05) is 48.6 Å². The summed E-state index contributed by atoms with van der Waals surface area (Å²) in [6.45, 7) is 15.7. The van der Waals surface area contributed by atoms with Gasteiger partial charge in [-0.2, -0.15) is 0 Å². The molecule has 0 spiro atoms. The van der Waals surface area contributed by atoms with Crippen LogP contribution in [0.15, 0.2) is 152 Å². The molecule has 2 aromatic heterocycles. The molecule has 0 saturated heterocycles. The number of hydrogen-bond donors (Lipinski definition) is 0. The van der Waals surface area contributed by atoms with Crippen molar-refractivity contribution in [1.82, 2.24) is 14.5 Å². The Morgan fingerprint density at radius 3 is 2.02 bits per heavy atom. The standard InChI is InChI=1S/C41H32BN2O2.C15H16N.Ir/c1-24(2)28-13-9-14-29(25(3)4)39(28)44-40-30-12-6-5-11-26(30)19-21-33(40)43-41(44)27-20-22-35-32(23-27)42-31-15-7-8-16-34(31)45-36-17-10-18-37(46-35)38(36)42;1-15(2,3)13-9-10-14(16-11-13)12-7-5-4-6-8-12;/h5-19,21-25H,1-4H3;4-7,9-11H,1-3H3;/q2*-1;. The quantitative estimate of drug-likeness (QED) is 0.127. The van der Waals surface area contributed by atoms with Crippen molar-refractivity contribution < 1.29 is 29.6 Å². The van der Waals surface area contributed by atoms with Crippen LogP contribution in [-0.4, -0.2) is 21.2 Å². The van der Waals surface area contributed by atoms with Gasteiger partial charge >= 0.3 is 0 Å². The summed E-state index contributed by atoms with van der Waals surface area (Å²) in [6, 6.07) is 57.3. The van der Waals surface area contributed by atoms with Gasteiger partial charge in [0.15, 0.2) is 0 Å². The van der Waals surface area contributed by atoms with E-state index in [0.717, 1.165) is 73.1 Å². The maximum Gasteiger partial charge on any atom is 0.241 e. The molecule has 0 saturated carbocycles. The van der Waals surface area contributed by atoms with E-state index in [4.69, 9.17) is 14.5 Å². The summed E-state index contributed by atoms with van der Waals surface area (Å²) in [6.07, 6.45) is 1.95. The molecule has 1 radical (unpaired) electrons. The van der Waals surface area contributed by atoms with Crippen LogP contribution in [0.2, 0.25) is 0 Å². The summed E-state index contributed by atoms with van der Waals surface area (Å²) < 4.78 is 15.3. The van der Waals surface area contributed by atoms with Gasteiger partial charge in [0.2, 0.25) is 6.71 Å². The van der Waals surface area contributed by atoms with Gasteiger partial charge in [-0.3, -0.25) is 4.98 Å². The Labute approximate surface area is 384 Å². The molecule has 0 aliphatic carbocycles. The zero-order chi connectivity index (χ0) is 42.7. The molecule has 0 atom stereocenters. The summed E-state index contributed by atoms with van der Waals surface area (Å²) in [5, 5.41) is 2.38. The third kappa shape index (κ3) is 7.58. The molecular formula is C56H48BIrN3O2-2. The Kier molecular flexibility index (Phi) is 11.2. The van der Waals surface area contributed by atoms with E-state index in [1.165, 1.54) is 33.2 Å². The predicted octanol–water partition coefficient (Wildman–Crippen LogP) is 12.5. The topological polar surface area (TPSA) is 49.2 Å². The molecule has 0 unspecified atom stereocenters. The number of nitrogens with zero attached hydrogens (tertiary/aromatic N) is 3. The largest absolute Gasteiger partial charge is 0.503 e. The third-order valence-corrected chi connectivity index (χ3v) is 12.2. The van der Waals surface area contributed by atoms with Crippen molar-refractivity contribution in [2.24, 2.45) is 0 Å². The number of benzene rings is 7. The number of imidazole rings is 1. The first-order valence-electron chi connectivity index (χ1n) is 21.7. The fourth-order valence-corrected chi connectivity index (χ4v) is 9.01. The third-order valence-electron chi connectivity index (χ3n) is 12.2. The maximum absolute atomic E-state index is 6.52. The number of fused-ring (bicyclic) bond motifs is 7. The smallest absolute Gasteiger partial charge is 0.241 e. The summed E-state index contributed by atoms with van der Waals surface area (Å²) in [4.78, 5) is 9.88. The van der Waals surface area contributed by atoms with Gasteiger partial charge in [-0.15, -0.1) is 65.1 Å². The second-order valence-corrected chi connectivity index (χ2v) is 18.0. The van der Waals surface area contributed by atoms with Gasteiger partial charge in [-0.1, -0.05) is 133 Å². The molecule has 7 aromatic carbocycles. The molecule has 2 aliphatic heterocycles. The van der Waals surface area contributed by atoms with Gasteiger partial charge in [-0.05, 0) is 74.7 Å². The first-order chi connectivity index (χ1) is 30.0. The second kappa shape index (κ2) is 16.8. The van der Waals surface area contributed by atoms with Crippen LogP contribution >= 0.6 is 0 Å². The molecule has 9 aromatic rings. The van der Waals surface area contributed by atoms with Crippen LogP contribution < -0.4 is 25.9 Å². The zero-order valence-corrected chi connectivity index (χ0v) is 39.1. The fraction of sp³-hybridized carbons (Fsp3) is 0.179. The van der Waals surface area contributed by atoms with Crippen molar-refractivity contribution in [2.45, 2.75) is 65.7 Å². The molecule has 63 heavy (non-hydrogen) atoms. The van der Waals surface area contributed by atoms with Crippen molar-refractivity contribution >= 4 is 44.9 Å². The van der Waals surface area contributed by atoms with E-state index in [-0.39, 0.29) is 32.2 Å². The van der Waals surface area contributed by atoms with Crippen LogP contribution in [-0.2, 0) is 25.5 Å². The van der Waals surface area contributed by atoms with Crippen molar-refractivity contribution in [1.29, 1.82) is 0 Å². The van der Waals surface area contributed by atoms with Gasteiger partial charge in [0.25, 0.3) is 0 Å². The zero-order valence-electron chi connectivity index (χ0n) is 36.7. The van der Waals surface area contributed by atoms with Crippen molar-refractivity contribution in [3.8, 4) is 51.3 Å². The van der Waals surface area contributed by atoms with Gasteiger partial charge < -0.3 is 19.0 Å². The summed E-state index contributed by atoms with van der Waals surface area (Å²) in [5.74, 6) is 4.89. The van der Waals surface area contributed by atoms with E-state index in [1.807, 2.05) is 60.8 Å². The van der Waals surface area contributed by atoms with E-state index in [1.54, 1.807) is 0 Å². The molecular weight excluding hydrogens is 950 g/mol. The summed E-state index contributed by atoms with van der Waals surface area (Å²) >= 11 is 0. The van der Waals surface area contributed by atoms with Crippen LogP contribution in [0.4, 0.5) is 0 Å². The Hall–Kier alpha value is -6.27. The van der Waals surface area contributed by atoms with E-state index >= 15 is 0 Å². The van der Waals surface area contributed by atoms with Gasteiger partial charge in [0.05, 0.1) is 16.9 Å². The first-order valence-corrected chi connectivity index (χ1v) is 21.7. The molecule has 2 aliphatic rings. The summed E-state index contributed by atoms with van der Waals surface area (Å²) in [7, 11) is 0. The van der Waals surface area contributed by atoms with Crippen LogP contribution in [0, 0.1) is 12.1 Å². The minimum absolute atomic E-state index is 0. The SMILES string of the molecule is CC(C)(C)c1ccc(-c2[c-]cccc2)nc1.CC(C)c1cccc(C(C)C)c1-n1c(-c2[c-]cc3c(c2)B2c4ccccc4Oc4cccc(c42)O3)nc2ccc3ccccc3c21.[Ir]. The monoisotopic (exact) mass is 998 g/mol. The van der Waals surface area contributed by atoms with E-state index in [0.29, 0.717) is 11.8 Å². The molecule has 0 amide bonds. The number of pyridine rings is 1. The molecule has 4 heterocycles. The fourth-order valence-electron chi connectivity index (χ4n) is 9.01. The Bertz CT molecular complexity index is 3090. The van der Waals surface area contributed by atoms with Crippen molar-refractivity contribution in [3.05, 3.63) is 181 Å². The molecule has 0 bridgehead atoms. The number of rotatable bonds is 5. The number of ether oxygens (including phenoxy) is 2. The van der Waals surface area contributed by atoms with Crippen LogP contribution in [0.1, 0.15) is 77.0 Å². The minimum Gasteiger partial charge on any atom is -0.503 e. The van der Waals surface area contributed by atoms with Gasteiger partial charge in [-0.25, -0.2) is 0 Å². The molecule has 7 heteroatoms. The van der Waals surface area contributed by atoms with E-state index in [2.05, 4.69) is 161 Å². The molecule has 0 fully saturated rings. The van der Waals surface area contributed by atoms with Crippen LogP contribution in [0.25, 0.3) is 50.1 Å². The van der Waals surface area contributed by atoms with Gasteiger partial charge in [0.1, 0.15) is 17.2 Å². The van der Waals surface area contributed by atoms with E-state index in [9.17, 15) is 0 Å². The Morgan fingerprint density at radius 2 is 1.32 bits per heavy atom. The minimum atomic E-state index is -0.0268. The molecule has 0 N–H and O–H groups in total. The molecule has 313 valence electrons. The van der Waals surface area contributed by atoms with Crippen molar-refractivity contribution in [2.75, 3.05) is 0 Å². The summed E-state index contributed by atoms with van der Waals surface area (Å²) in [5.41, 5.74) is 13.6. The predicted molar refractivity (Wildman–Crippen MR) is 256 cm³/mol. The number of para-hydroxylation sites is 2. The second-order valence-electron chi connectivity index (χ2n) is 18.0. The normalized spacial score (nSPS) is 12.4. The van der Waals surface area contributed by atoms with Crippen molar-refractivity contribution in [3.63, 3.8) is 0 Å².